The van der Waals surface area contributed by atoms with E-state index in [1.54, 1.807) is 0 Å². The Hall–Kier alpha value is 0.833. The van der Waals surface area contributed by atoms with Crippen LogP contribution in [0.4, 0.5) is 5.69 Å². The van der Waals surface area contributed by atoms with Crippen molar-refractivity contribution in [3.63, 3.8) is 0 Å². The minimum Gasteiger partial charge on any atom is -0.545 e. The predicted octanol–water partition coefficient (Wildman–Crippen LogP) is -7.67. The first-order valence-electron chi connectivity index (χ1n) is 3.65. The summed E-state index contributed by atoms with van der Waals surface area (Å²) in [6.07, 6.45) is 0. The third kappa shape index (κ3) is 5.14. The largest absolute Gasteiger partial charge is 1.00 e. The van der Waals surface area contributed by atoms with Gasteiger partial charge in [0.15, 0.2) is 0 Å². The van der Waals surface area contributed by atoms with Gasteiger partial charge < -0.3 is 19.8 Å². The second-order valence-electron chi connectivity index (χ2n) is 2.53. The van der Waals surface area contributed by atoms with Crippen LogP contribution in [0, 0.1) is 10.1 Å². The van der Waals surface area contributed by atoms with Gasteiger partial charge in [0.1, 0.15) is 0 Å². The van der Waals surface area contributed by atoms with E-state index in [1.165, 1.54) is 0 Å². The fraction of sp³-hybridized carbons (Fsp3) is 0. The number of carboxylic acid groups (broad SMARTS) is 2. The van der Waals surface area contributed by atoms with Crippen molar-refractivity contribution in [2.45, 2.75) is 0 Å². The zero-order chi connectivity index (χ0) is 11.6. The molecular weight excluding hydrogens is 284 g/mol. The monoisotopic (exact) mass is 287 g/mol. The van der Waals surface area contributed by atoms with Crippen molar-refractivity contribution < 1.29 is 127 Å². The molecule has 0 fully saturated rings. The number of hydrogen-bond donors (Lipinski definition) is 0. The van der Waals surface area contributed by atoms with Gasteiger partial charge in [-0.1, -0.05) is 12.1 Å². The Morgan fingerprint density at radius 3 is 1.94 bits per heavy atom. The number of rotatable bonds is 3. The molecule has 0 heterocycles. The van der Waals surface area contributed by atoms with Crippen LogP contribution in [-0.2, 0) is 0 Å². The van der Waals surface area contributed by atoms with Crippen molar-refractivity contribution >= 4 is 17.6 Å². The van der Waals surface area contributed by atoms with Crippen molar-refractivity contribution in [2.75, 3.05) is 0 Å². The number of carbonyl (C=O) groups is 2. The molecule has 1 aromatic carbocycles. The molecule has 0 atom stereocenters. The molecule has 0 aliphatic rings. The van der Waals surface area contributed by atoms with Gasteiger partial charge in [-0.15, -0.1) is 0 Å². The number of nitro groups is 1. The van der Waals surface area contributed by atoms with Gasteiger partial charge in [-0.3, -0.25) is 10.1 Å². The van der Waals surface area contributed by atoms with E-state index in [-0.39, 0.29) is 103 Å². The maximum absolute atomic E-state index is 10.5. The van der Waals surface area contributed by atoms with Gasteiger partial charge in [0.25, 0.3) is 5.69 Å². The summed E-state index contributed by atoms with van der Waals surface area (Å²) >= 11 is 0. The smallest absolute Gasteiger partial charge is 0.545 e. The molecule has 1 rings (SSSR count). The molecule has 9 heteroatoms. The SMILES string of the molecule is O=C([O-])c1cccc([N+](=O)[O-])c1C(=O)[O-].[K+].[K+]. The Kier molecular flexibility index (Phi) is 10.5. The Balaban J connectivity index is 0. The van der Waals surface area contributed by atoms with Gasteiger partial charge in [-0.05, 0) is 0 Å². The Bertz CT molecular complexity index is 429. The summed E-state index contributed by atoms with van der Waals surface area (Å²) in [5.74, 6) is -3.74. The fourth-order valence-corrected chi connectivity index (χ4v) is 1.08. The van der Waals surface area contributed by atoms with Crippen LogP contribution >= 0.6 is 0 Å². The summed E-state index contributed by atoms with van der Waals surface area (Å²) in [5.41, 5.74) is -2.59. The first-order chi connectivity index (χ1) is 6.95. The van der Waals surface area contributed by atoms with Gasteiger partial charge in [0.2, 0.25) is 0 Å². The van der Waals surface area contributed by atoms with E-state index in [0.717, 1.165) is 18.2 Å². The Morgan fingerprint density at radius 2 is 1.59 bits per heavy atom. The summed E-state index contributed by atoms with van der Waals surface area (Å²) < 4.78 is 0. The van der Waals surface area contributed by atoms with Gasteiger partial charge in [0.05, 0.1) is 22.4 Å². The van der Waals surface area contributed by atoms with Crippen LogP contribution in [0.5, 0.6) is 0 Å². The quantitative estimate of drug-likeness (QED) is 0.309. The molecule has 0 aliphatic heterocycles. The molecule has 0 bridgehead atoms. The van der Waals surface area contributed by atoms with E-state index in [4.69, 9.17) is 0 Å². The molecule has 0 radical (unpaired) electrons. The maximum atomic E-state index is 10.5. The molecule has 0 saturated carbocycles. The topological polar surface area (TPSA) is 123 Å². The third-order valence-electron chi connectivity index (χ3n) is 1.66. The summed E-state index contributed by atoms with van der Waals surface area (Å²) in [6, 6.07) is 2.82. The standard InChI is InChI=1S/C8H5NO6.2K/c10-7(11)4-2-1-3-5(9(14)15)6(4)8(12)13;;/h1-3H,(H,10,11)(H,12,13);;/q;2*+1/p-2. The van der Waals surface area contributed by atoms with Crippen LogP contribution in [-0.4, -0.2) is 16.9 Å². The van der Waals surface area contributed by atoms with Crippen molar-refractivity contribution in [1.82, 2.24) is 0 Å². The van der Waals surface area contributed by atoms with Crippen LogP contribution in [0.1, 0.15) is 20.7 Å². The maximum Gasteiger partial charge on any atom is 1.00 e. The predicted molar refractivity (Wildman–Crippen MR) is 41.8 cm³/mol. The molecule has 17 heavy (non-hydrogen) atoms. The molecule has 78 valence electrons. The number of hydrogen-bond acceptors (Lipinski definition) is 6. The molecule has 0 aliphatic carbocycles. The molecular formula is C8H3K2NO6. The number of carbonyl (C=O) groups excluding carboxylic acids is 2. The van der Waals surface area contributed by atoms with E-state index < -0.39 is 33.7 Å². The minimum atomic E-state index is -1.93. The van der Waals surface area contributed by atoms with E-state index in [9.17, 15) is 29.9 Å². The van der Waals surface area contributed by atoms with Gasteiger partial charge >= 0.3 is 103 Å². The molecule has 7 nitrogen and oxygen atoms in total. The molecule has 0 saturated heterocycles. The van der Waals surface area contributed by atoms with Crippen LogP contribution < -0.4 is 113 Å². The van der Waals surface area contributed by atoms with Gasteiger partial charge in [-0.25, -0.2) is 0 Å². The molecule has 0 unspecified atom stereocenters. The second kappa shape index (κ2) is 8.85. The van der Waals surface area contributed by atoms with E-state index >= 15 is 0 Å². The summed E-state index contributed by atoms with van der Waals surface area (Å²) in [5, 5.41) is 31.4. The van der Waals surface area contributed by atoms with E-state index in [0.29, 0.717) is 0 Å². The number of nitrogens with zero attached hydrogens (tertiary/aromatic N) is 1. The van der Waals surface area contributed by atoms with Crippen LogP contribution in [0.15, 0.2) is 18.2 Å². The van der Waals surface area contributed by atoms with Crippen LogP contribution in [0.25, 0.3) is 0 Å². The van der Waals surface area contributed by atoms with Crippen molar-refractivity contribution in [1.29, 1.82) is 0 Å². The number of benzene rings is 1. The molecule has 0 aromatic heterocycles. The number of aromatic carboxylic acids is 2. The van der Waals surface area contributed by atoms with E-state index in [1.807, 2.05) is 0 Å². The minimum absolute atomic E-state index is 0. The Labute approximate surface area is 181 Å². The fourth-order valence-electron chi connectivity index (χ4n) is 1.08. The van der Waals surface area contributed by atoms with Crippen LogP contribution in [0.2, 0.25) is 0 Å². The summed E-state index contributed by atoms with van der Waals surface area (Å²) in [6.45, 7) is 0. The number of carboxylic acids is 2. The molecule has 0 amide bonds. The van der Waals surface area contributed by atoms with E-state index in [2.05, 4.69) is 0 Å². The Morgan fingerprint density at radius 1 is 1.06 bits per heavy atom. The average Bonchev–Trinajstić information content (AvgIpc) is 2.16. The van der Waals surface area contributed by atoms with Crippen LogP contribution in [0.3, 0.4) is 0 Å². The zero-order valence-corrected chi connectivity index (χ0v) is 15.4. The molecule has 0 N–H and O–H groups in total. The second-order valence-corrected chi connectivity index (χ2v) is 2.53. The molecule has 0 spiro atoms. The van der Waals surface area contributed by atoms with Crippen molar-refractivity contribution in [3.05, 3.63) is 39.4 Å². The zero-order valence-electron chi connectivity index (χ0n) is 9.13. The van der Waals surface area contributed by atoms with Gasteiger partial charge in [-0.2, -0.15) is 0 Å². The molecule has 1 aromatic rings. The number of nitro benzene ring substituents is 1. The first kappa shape index (κ1) is 20.2. The normalized spacial score (nSPS) is 8.47. The van der Waals surface area contributed by atoms with Crippen molar-refractivity contribution in [3.8, 4) is 0 Å². The summed E-state index contributed by atoms with van der Waals surface area (Å²) in [7, 11) is 0. The third-order valence-corrected chi connectivity index (χ3v) is 1.66. The first-order valence-corrected chi connectivity index (χ1v) is 3.65. The average molecular weight is 287 g/mol. The van der Waals surface area contributed by atoms with Gasteiger partial charge in [0, 0.05) is 11.6 Å². The van der Waals surface area contributed by atoms with Crippen molar-refractivity contribution in [2.24, 2.45) is 0 Å². The summed E-state index contributed by atoms with van der Waals surface area (Å²) in [4.78, 5) is 30.4.